The molecule has 0 spiro atoms. The van der Waals surface area contributed by atoms with E-state index in [1.54, 1.807) is 7.11 Å². The van der Waals surface area contributed by atoms with Crippen LogP contribution in [0.2, 0.25) is 5.02 Å². The minimum Gasteiger partial charge on any atom is -0.493 e. The average molecular weight is 288 g/mol. The summed E-state index contributed by atoms with van der Waals surface area (Å²) >= 11 is 6.22. The van der Waals surface area contributed by atoms with Gasteiger partial charge in [0.2, 0.25) is 0 Å². The van der Waals surface area contributed by atoms with Crippen molar-refractivity contribution in [2.24, 2.45) is 0 Å². The lowest BCUT2D eigenvalue weighted by Gasteiger charge is -2.15. The topological polar surface area (TPSA) is 39.7 Å². The summed E-state index contributed by atoms with van der Waals surface area (Å²) in [6, 6.07) is 3.79. The zero-order chi connectivity index (χ0) is 14.3. The summed E-state index contributed by atoms with van der Waals surface area (Å²) in [5.41, 5.74) is 1.05. The van der Waals surface area contributed by atoms with Gasteiger partial charge in [0.25, 0.3) is 0 Å². The largest absolute Gasteiger partial charge is 0.493 e. The van der Waals surface area contributed by atoms with Crippen molar-refractivity contribution >= 4 is 11.6 Å². The van der Waals surface area contributed by atoms with Crippen molar-refractivity contribution in [3.63, 3.8) is 0 Å². The molecule has 0 saturated carbocycles. The van der Waals surface area contributed by atoms with E-state index in [2.05, 4.69) is 5.32 Å². The highest BCUT2D eigenvalue weighted by molar-refractivity contribution is 6.32. The lowest BCUT2D eigenvalue weighted by molar-refractivity contribution is 0.0547. The van der Waals surface area contributed by atoms with E-state index in [0.717, 1.165) is 12.1 Å². The second-order valence-electron chi connectivity index (χ2n) is 4.41. The van der Waals surface area contributed by atoms with Gasteiger partial charge in [-0.2, -0.15) is 0 Å². The lowest BCUT2D eigenvalue weighted by Crippen LogP contribution is -2.12. The third-order valence-corrected chi connectivity index (χ3v) is 2.73. The molecule has 1 N–H and O–H groups in total. The van der Waals surface area contributed by atoms with Crippen molar-refractivity contribution in [1.29, 1.82) is 0 Å². The Morgan fingerprint density at radius 3 is 2.58 bits per heavy atom. The van der Waals surface area contributed by atoms with Crippen LogP contribution in [0.3, 0.4) is 0 Å². The maximum absolute atomic E-state index is 6.22. The van der Waals surface area contributed by atoms with E-state index in [1.165, 1.54) is 0 Å². The van der Waals surface area contributed by atoms with Crippen LogP contribution in [0.15, 0.2) is 12.1 Å². The van der Waals surface area contributed by atoms with Crippen LogP contribution in [-0.2, 0) is 11.3 Å². The molecule has 0 aliphatic carbocycles. The molecule has 0 amide bonds. The molecule has 0 fully saturated rings. The summed E-state index contributed by atoms with van der Waals surface area (Å²) in [7, 11) is 3.49. The van der Waals surface area contributed by atoms with Gasteiger partial charge in [-0.15, -0.1) is 0 Å². The van der Waals surface area contributed by atoms with Gasteiger partial charge < -0.3 is 19.5 Å². The zero-order valence-corrected chi connectivity index (χ0v) is 12.7. The predicted molar refractivity (Wildman–Crippen MR) is 77.4 cm³/mol. The molecule has 19 heavy (non-hydrogen) atoms. The molecular weight excluding hydrogens is 266 g/mol. The Morgan fingerprint density at radius 2 is 2.00 bits per heavy atom. The van der Waals surface area contributed by atoms with E-state index in [1.807, 2.05) is 33.0 Å². The fraction of sp³-hybridized carbons (Fsp3) is 0.571. The van der Waals surface area contributed by atoms with Crippen LogP contribution in [-0.4, -0.2) is 33.5 Å². The third kappa shape index (κ3) is 5.27. The molecule has 0 aliphatic rings. The Labute approximate surface area is 120 Å². The molecule has 0 bridgehead atoms. The van der Waals surface area contributed by atoms with Crippen molar-refractivity contribution < 1.29 is 14.2 Å². The van der Waals surface area contributed by atoms with Crippen LogP contribution in [0, 0.1) is 0 Å². The Bertz CT molecular complexity index is 397. The predicted octanol–water partition coefficient (Wildman–Crippen LogP) is 2.87. The Balaban J connectivity index is 2.70. The summed E-state index contributed by atoms with van der Waals surface area (Å²) in [6.07, 6.45) is 0.193. The zero-order valence-electron chi connectivity index (χ0n) is 12.0. The summed E-state index contributed by atoms with van der Waals surface area (Å²) in [6.45, 7) is 5.67. The Morgan fingerprint density at radius 1 is 1.26 bits per heavy atom. The van der Waals surface area contributed by atoms with Crippen molar-refractivity contribution in [2.45, 2.75) is 26.5 Å². The fourth-order valence-corrected chi connectivity index (χ4v) is 1.93. The van der Waals surface area contributed by atoms with Crippen LogP contribution in [0.5, 0.6) is 11.5 Å². The number of benzene rings is 1. The highest BCUT2D eigenvalue weighted by Crippen LogP contribution is 2.36. The van der Waals surface area contributed by atoms with Gasteiger partial charge in [-0.1, -0.05) is 11.6 Å². The van der Waals surface area contributed by atoms with Gasteiger partial charge in [0.15, 0.2) is 11.5 Å². The molecule has 1 aromatic carbocycles. The van der Waals surface area contributed by atoms with Gasteiger partial charge in [-0.3, -0.25) is 0 Å². The first kappa shape index (κ1) is 16.1. The smallest absolute Gasteiger partial charge is 0.179 e. The van der Waals surface area contributed by atoms with Crippen LogP contribution >= 0.6 is 11.6 Å². The van der Waals surface area contributed by atoms with Crippen LogP contribution in [0.25, 0.3) is 0 Å². The molecule has 108 valence electrons. The van der Waals surface area contributed by atoms with Crippen LogP contribution in [0.4, 0.5) is 0 Å². The van der Waals surface area contributed by atoms with Gasteiger partial charge >= 0.3 is 0 Å². The molecule has 0 aliphatic heterocycles. The number of ether oxygens (including phenoxy) is 3. The van der Waals surface area contributed by atoms with Crippen LogP contribution in [0.1, 0.15) is 19.4 Å². The number of rotatable bonds is 8. The van der Waals surface area contributed by atoms with Crippen LogP contribution < -0.4 is 14.8 Å². The first-order valence-corrected chi connectivity index (χ1v) is 6.71. The van der Waals surface area contributed by atoms with E-state index in [4.69, 9.17) is 25.8 Å². The van der Waals surface area contributed by atoms with E-state index < -0.39 is 0 Å². The second kappa shape index (κ2) is 8.25. The molecule has 0 atom stereocenters. The molecule has 4 nitrogen and oxygen atoms in total. The highest BCUT2D eigenvalue weighted by Gasteiger charge is 2.11. The van der Waals surface area contributed by atoms with Gasteiger partial charge in [0.05, 0.1) is 24.8 Å². The summed E-state index contributed by atoms with van der Waals surface area (Å²) < 4.78 is 16.4. The molecule has 1 aromatic rings. The van der Waals surface area contributed by atoms with Crippen molar-refractivity contribution in [2.75, 3.05) is 27.4 Å². The monoisotopic (exact) mass is 287 g/mol. The number of hydrogen-bond donors (Lipinski definition) is 1. The minimum atomic E-state index is 0.193. The number of halogens is 1. The van der Waals surface area contributed by atoms with Gasteiger partial charge in [-0.25, -0.2) is 0 Å². The average Bonchev–Trinajstić information content (AvgIpc) is 2.36. The van der Waals surface area contributed by atoms with Gasteiger partial charge in [-0.05, 0) is 38.6 Å². The molecule has 0 saturated heterocycles. The Kier molecular flexibility index (Phi) is 6.99. The lowest BCUT2D eigenvalue weighted by atomic mass is 10.2. The van der Waals surface area contributed by atoms with Crippen molar-refractivity contribution in [1.82, 2.24) is 5.32 Å². The first-order chi connectivity index (χ1) is 9.08. The maximum Gasteiger partial charge on any atom is 0.179 e. The Hall–Kier alpha value is -0.970. The number of nitrogens with one attached hydrogen (secondary N) is 1. The quantitative estimate of drug-likeness (QED) is 0.747. The molecule has 0 unspecified atom stereocenters. The van der Waals surface area contributed by atoms with Crippen molar-refractivity contribution in [3.8, 4) is 11.5 Å². The maximum atomic E-state index is 6.22. The van der Waals surface area contributed by atoms with Crippen molar-refractivity contribution in [3.05, 3.63) is 22.7 Å². The van der Waals surface area contributed by atoms with E-state index in [9.17, 15) is 0 Å². The van der Waals surface area contributed by atoms with E-state index in [-0.39, 0.29) is 6.10 Å². The molecule has 1 rings (SSSR count). The number of methoxy groups -OCH3 is 1. The van der Waals surface area contributed by atoms with E-state index >= 15 is 0 Å². The highest BCUT2D eigenvalue weighted by atomic mass is 35.5. The van der Waals surface area contributed by atoms with E-state index in [0.29, 0.717) is 29.7 Å². The van der Waals surface area contributed by atoms with Gasteiger partial charge in [0.1, 0.15) is 6.61 Å². The number of hydrogen-bond acceptors (Lipinski definition) is 4. The summed E-state index contributed by atoms with van der Waals surface area (Å²) in [5, 5.41) is 3.62. The molecule has 0 aromatic heterocycles. The SMILES string of the molecule is CNCc1cc(Cl)c(OCCOC(C)C)c(OC)c1. The normalized spacial score (nSPS) is 10.8. The van der Waals surface area contributed by atoms with Gasteiger partial charge in [0, 0.05) is 6.54 Å². The third-order valence-electron chi connectivity index (χ3n) is 2.45. The first-order valence-electron chi connectivity index (χ1n) is 6.34. The standard InChI is InChI=1S/C14H22ClNO3/c1-10(2)18-5-6-19-14-12(15)7-11(9-16-3)8-13(14)17-4/h7-8,10,16H,5-6,9H2,1-4H3. The molecule has 0 radical (unpaired) electrons. The second-order valence-corrected chi connectivity index (χ2v) is 4.81. The molecule has 0 heterocycles. The summed E-state index contributed by atoms with van der Waals surface area (Å²) in [4.78, 5) is 0. The minimum absolute atomic E-state index is 0.193. The molecular formula is C14H22ClNO3. The fourth-order valence-electron chi connectivity index (χ4n) is 1.65. The summed E-state index contributed by atoms with van der Waals surface area (Å²) in [5.74, 6) is 1.21. The molecule has 5 heteroatoms.